The number of benzene rings is 7. The van der Waals surface area contributed by atoms with Crippen molar-refractivity contribution in [2.45, 2.75) is 12.0 Å². The summed E-state index contributed by atoms with van der Waals surface area (Å²) < 4.78 is 2.40. The molecular weight excluding hydrogens is 605 g/mol. The molecular formula is C48H34N2. The first-order chi connectivity index (χ1) is 24.8. The Morgan fingerprint density at radius 3 is 1.60 bits per heavy atom. The van der Waals surface area contributed by atoms with E-state index in [-0.39, 0.29) is 6.04 Å². The minimum Gasteiger partial charge on any atom is -0.333 e. The SMILES string of the molecule is C1=CC2c3ccccc3N(c3cccc(-c4ccccc4-c4ccccc4-c4cccc(-n5c6ccccc6c6ccccc65)c4)c3)C2C=C1. The molecule has 2 heterocycles. The molecule has 2 heteroatoms. The zero-order chi connectivity index (χ0) is 33.0. The molecule has 8 aromatic rings. The molecule has 0 N–H and O–H groups in total. The summed E-state index contributed by atoms with van der Waals surface area (Å²) in [6, 6.07) is 62.3. The molecule has 10 rings (SSSR count). The fourth-order valence-electron chi connectivity index (χ4n) is 8.37. The molecule has 0 radical (unpaired) electrons. The predicted molar refractivity (Wildman–Crippen MR) is 210 cm³/mol. The van der Waals surface area contributed by atoms with Gasteiger partial charge in [0.1, 0.15) is 0 Å². The summed E-state index contributed by atoms with van der Waals surface area (Å²) in [4.78, 5) is 2.51. The highest BCUT2D eigenvalue weighted by Gasteiger charge is 2.37. The lowest BCUT2D eigenvalue weighted by Gasteiger charge is -2.29. The van der Waals surface area contributed by atoms with Crippen LogP contribution in [0.2, 0.25) is 0 Å². The lowest BCUT2D eigenvalue weighted by atomic mass is 9.89. The molecule has 1 aliphatic heterocycles. The monoisotopic (exact) mass is 638 g/mol. The van der Waals surface area contributed by atoms with Gasteiger partial charge in [0.25, 0.3) is 0 Å². The Kier molecular flexibility index (Phi) is 6.67. The van der Waals surface area contributed by atoms with Crippen molar-refractivity contribution < 1.29 is 0 Å². The van der Waals surface area contributed by atoms with Crippen molar-refractivity contribution in [1.29, 1.82) is 0 Å². The van der Waals surface area contributed by atoms with Crippen molar-refractivity contribution in [3.63, 3.8) is 0 Å². The van der Waals surface area contributed by atoms with Gasteiger partial charge in [0.15, 0.2) is 0 Å². The van der Waals surface area contributed by atoms with Crippen LogP contribution in [0.5, 0.6) is 0 Å². The van der Waals surface area contributed by atoms with Gasteiger partial charge in [0, 0.05) is 33.8 Å². The van der Waals surface area contributed by atoms with E-state index in [2.05, 4.69) is 204 Å². The number of fused-ring (bicyclic) bond motifs is 6. The van der Waals surface area contributed by atoms with Gasteiger partial charge >= 0.3 is 0 Å². The van der Waals surface area contributed by atoms with Crippen molar-refractivity contribution in [2.75, 3.05) is 4.90 Å². The van der Waals surface area contributed by atoms with E-state index >= 15 is 0 Å². The maximum atomic E-state index is 2.51. The maximum absolute atomic E-state index is 2.51. The number of nitrogens with zero attached hydrogens (tertiary/aromatic N) is 2. The van der Waals surface area contributed by atoms with Crippen LogP contribution in [0.1, 0.15) is 11.5 Å². The van der Waals surface area contributed by atoms with Crippen molar-refractivity contribution in [2.24, 2.45) is 0 Å². The van der Waals surface area contributed by atoms with Crippen LogP contribution in [-0.4, -0.2) is 10.6 Å². The van der Waals surface area contributed by atoms with Gasteiger partial charge in [-0.15, -0.1) is 0 Å². The van der Waals surface area contributed by atoms with Crippen LogP contribution in [0.25, 0.3) is 60.9 Å². The van der Waals surface area contributed by atoms with Gasteiger partial charge in [-0.1, -0.05) is 152 Å². The van der Waals surface area contributed by atoms with Crippen molar-refractivity contribution in [1.82, 2.24) is 4.57 Å². The van der Waals surface area contributed by atoms with E-state index in [4.69, 9.17) is 0 Å². The van der Waals surface area contributed by atoms with Gasteiger partial charge in [-0.2, -0.15) is 0 Å². The Morgan fingerprint density at radius 1 is 0.400 bits per heavy atom. The summed E-state index contributed by atoms with van der Waals surface area (Å²) >= 11 is 0. The van der Waals surface area contributed by atoms with Crippen LogP contribution in [0.4, 0.5) is 11.4 Å². The predicted octanol–water partition coefficient (Wildman–Crippen LogP) is 12.5. The van der Waals surface area contributed by atoms with E-state index in [1.165, 1.54) is 72.1 Å². The van der Waals surface area contributed by atoms with E-state index in [1.54, 1.807) is 0 Å². The molecule has 0 amide bonds. The number of anilines is 2. The highest BCUT2D eigenvalue weighted by molar-refractivity contribution is 6.09. The summed E-state index contributed by atoms with van der Waals surface area (Å²) in [7, 11) is 0. The Labute approximate surface area is 292 Å². The van der Waals surface area contributed by atoms with Crippen LogP contribution in [0.3, 0.4) is 0 Å². The van der Waals surface area contributed by atoms with Gasteiger partial charge in [-0.05, 0) is 81.4 Å². The first kappa shape index (κ1) is 28.6. The van der Waals surface area contributed by atoms with Crippen molar-refractivity contribution in [3.8, 4) is 39.1 Å². The topological polar surface area (TPSA) is 8.17 Å². The summed E-state index contributed by atoms with van der Waals surface area (Å²) in [5.74, 6) is 0.359. The molecule has 50 heavy (non-hydrogen) atoms. The van der Waals surface area contributed by atoms with Gasteiger partial charge < -0.3 is 9.47 Å². The fraction of sp³-hybridized carbons (Fsp3) is 0.0417. The van der Waals surface area contributed by atoms with Gasteiger partial charge in [-0.25, -0.2) is 0 Å². The van der Waals surface area contributed by atoms with Crippen LogP contribution in [0, 0.1) is 0 Å². The largest absolute Gasteiger partial charge is 0.333 e. The quantitative estimate of drug-likeness (QED) is 0.182. The second-order valence-electron chi connectivity index (χ2n) is 13.3. The first-order valence-corrected chi connectivity index (χ1v) is 17.4. The number of para-hydroxylation sites is 3. The summed E-state index contributed by atoms with van der Waals surface area (Å²) in [6.07, 6.45) is 9.06. The lowest BCUT2D eigenvalue weighted by Crippen LogP contribution is -2.28. The lowest BCUT2D eigenvalue weighted by molar-refractivity contribution is 0.745. The van der Waals surface area contributed by atoms with Crippen LogP contribution in [0.15, 0.2) is 194 Å². The minimum atomic E-state index is 0.269. The molecule has 2 atom stereocenters. The smallest absolute Gasteiger partial charge is 0.0629 e. The van der Waals surface area contributed by atoms with E-state index in [0.717, 1.165) is 5.69 Å². The molecule has 7 aromatic carbocycles. The standard InChI is InChI=1S/C48H34N2/c1-3-21-39(37(19-1)33-15-13-17-35(31-33)49-45-27-9-5-23-41(45)42-24-6-10-28-46(42)49)40-22-4-2-20-38(40)34-16-14-18-36(32-34)50-47-29-11-7-25-43(47)44-26-8-12-30-48(44)50/h1-32,41,45H. The van der Waals surface area contributed by atoms with Crippen LogP contribution < -0.4 is 4.90 Å². The number of aromatic nitrogens is 1. The molecule has 0 saturated heterocycles. The van der Waals surface area contributed by atoms with Crippen molar-refractivity contribution in [3.05, 3.63) is 200 Å². The van der Waals surface area contributed by atoms with Gasteiger partial charge in [0.2, 0.25) is 0 Å². The van der Waals surface area contributed by atoms with E-state index < -0.39 is 0 Å². The molecule has 2 unspecified atom stereocenters. The average Bonchev–Trinajstić information content (AvgIpc) is 3.71. The summed E-state index contributed by atoms with van der Waals surface area (Å²) in [5.41, 5.74) is 14.8. The molecule has 2 aliphatic rings. The van der Waals surface area contributed by atoms with Crippen LogP contribution >= 0.6 is 0 Å². The fourth-order valence-corrected chi connectivity index (χ4v) is 8.37. The molecule has 1 aromatic heterocycles. The Bertz CT molecular complexity index is 2580. The number of rotatable bonds is 5. The molecule has 0 spiro atoms. The second kappa shape index (κ2) is 11.6. The van der Waals surface area contributed by atoms with Gasteiger partial charge in [0.05, 0.1) is 17.1 Å². The third-order valence-corrected chi connectivity index (χ3v) is 10.5. The summed E-state index contributed by atoms with van der Waals surface area (Å²) in [5, 5.41) is 2.54. The summed E-state index contributed by atoms with van der Waals surface area (Å²) in [6.45, 7) is 0. The Balaban J connectivity index is 1.08. The highest BCUT2D eigenvalue weighted by atomic mass is 15.2. The Hall–Kier alpha value is -6.38. The molecule has 0 saturated carbocycles. The zero-order valence-corrected chi connectivity index (χ0v) is 27.5. The first-order valence-electron chi connectivity index (χ1n) is 17.4. The number of allylic oxidation sites excluding steroid dienone is 2. The number of hydrogen-bond donors (Lipinski definition) is 0. The molecule has 2 nitrogen and oxygen atoms in total. The van der Waals surface area contributed by atoms with E-state index in [1.807, 2.05) is 0 Å². The Morgan fingerprint density at radius 2 is 0.920 bits per heavy atom. The molecule has 1 aliphatic carbocycles. The third kappa shape index (κ3) is 4.49. The van der Waals surface area contributed by atoms with E-state index in [0.29, 0.717) is 5.92 Å². The normalized spacial score (nSPS) is 16.2. The highest BCUT2D eigenvalue weighted by Crippen LogP contribution is 2.48. The third-order valence-electron chi connectivity index (χ3n) is 10.5. The molecule has 0 fully saturated rings. The van der Waals surface area contributed by atoms with E-state index in [9.17, 15) is 0 Å². The van der Waals surface area contributed by atoms with Gasteiger partial charge in [-0.3, -0.25) is 0 Å². The van der Waals surface area contributed by atoms with Crippen LogP contribution in [-0.2, 0) is 0 Å². The van der Waals surface area contributed by atoms with Crippen molar-refractivity contribution >= 4 is 33.2 Å². The molecule has 236 valence electrons. The number of hydrogen-bond acceptors (Lipinski definition) is 1. The minimum absolute atomic E-state index is 0.269. The maximum Gasteiger partial charge on any atom is 0.0629 e. The average molecular weight is 639 g/mol. The zero-order valence-electron chi connectivity index (χ0n) is 27.5. The molecule has 0 bridgehead atoms. The second-order valence-corrected chi connectivity index (χ2v) is 13.3.